The molecule has 0 bridgehead atoms. The van der Waals surface area contributed by atoms with Gasteiger partial charge in [-0.15, -0.1) is 0 Å². The second-order valence-corrected chi connectivity index (χ2v) is 29.0. The number of carboxylic acid groups (broad SMARTS) is 2. The van der Waals surface area contributed by atoms with Crippen LogP contribution in [0.4, 0.5) is 4.39 Å². The Labute approximate surface area is 672 Å². The third-order valence-electron chi connectivity index (χ3n) is 20.2. The van der Waals surface area contributed by atoms with Crippen LogP contribution in [0.25, 0.3) is 22.3 Å². The number of ether oxygens (including phenoxy) is 2. The predicted molar refractivity (Wildman–Crippen MR) is 419 cm³/mol. The van der Waals surface area contributed by atoms with Gasteiger partial charge in [0.25, 0.3) is 5.91 Å². The average molecular weight is 1620 g/mol. The smallest absolute Gasteiger partial charge is 0.305 e. The van der Waals surface area contributed by atoms with Gasteiger partial charge in [-0.25, -0.2) is 14.4 Å². The van der Waals surface area contributed by atoms with Gasteiger partial charge < -0.3 is 98.4 Å². The lowest BCUT2D eigenvalue weighted by atomic mass is 9.90. The summed E-state index contributed by atoms with van der Waals surface area (Å²) in [7, 11) is 2.87. The maximum atomic E-state index is 15.7. The number of nitrogens with one attached hydrogen (secondary N) is 11. The number of imidazole rings is 2. The summed E-state index contributed by atoms with van der Waals surface area (Å²) >= 11 is 0. The Morgan fingerprint density at radius 3 is 1.85 bits per heavy atom. The normalized spacial score (nSPS) is 16.2. The Morgan fingerprint density at radius 1 is 0.632 bits per heavy atom. The summed E-state index contributed by atoms with van der Waals surface area (Å²) in [6.45, 7) is 7.70. The standard InChI is InChI=1S/C81H99FN16O19/c1-9-48-32-54(116-7)23-24-56(48)49-21-19-47(20-22-49)31-61(72(108)90-60(70(83)106)33-51-38-84-29-27-57(51)55-17-12-10-15-44(55)2)91-74(110)63(36-67(104)105)92-73(109)62(34-52-39-85-42-88-52)93-75(111)68(45(3)99)96-78(114)80(5,37-50-16-11-13-18-58(50)82)97-76(112)69(46(4)100)95-65(101)41-87-71(107)59(25-26-66(102)103)94-79(115)81(6)28-14-30-98(81)77(113)64(117-8)35-53-40-86-43-89-53/h10-13,15-24,27,29,32,38-40,42-43,45-46,59-64,68-69,99-100H,9,14,25-26,28,30-31,33-37,41H2,1-8H3,(H2,83,106)(H,85,88)(H,86,89)(H,87,107)(H,90,108)(H,91,110)(H,92,109)(H,93,111)(H,94,115)(H,95,101)(H,96,114)(H,97,112)(H,102,103)(H,104,105)/t45-,46-,59+,60+,61+,62+,63+,64+,68+,69+,80-,81+/m1/s1. The van der Waals surface area contributed by atoms with Crippen molar-refractivity contribution in [2.45, 2.75) is 184 Å². The lowest BCUT2D eigenvalue weighted by Gasteiger charge is -2.36. The van der Waals surface area contributed by atoms with Crippen molar-refractivity contribution in [1.82, 2.24) is 77.7 Å². The zero-order chi connectivity index (χ0) is 85.4. The lowest BCUT2D eigenvalue weighted by molar-refractivity contribution is -0.152. The molecule has 3 aromatic heterocycles. The van der Waals surface area contributed by atoms with E-state index in [1.165, 1.54) is 68.4 Å². The Morgan fingerprint density at radius 2 is 1.25 bits per heavy atom. The molecule has 117 heavy (non-hydrogen) atoms. The first-order valence-electron chi connectivity index (χ1n) is 37.7. The number of aliphatic carboxylic acids is 2. The van der Waals surface area contributed by atoms with Crippen LogP contribution in [0.5, 0.6) is 5.75 Å². The van der Waals surface area contributed by atoms with E-state index in [9.17, 15) is 82.8 Å². The minimum atomic E-state index is -2.42. The summed E-state index contributed by atoms with van der Waals surface area (Å²) < 4.78 is 26.6. The summed E-state index contributed by atoms with van der Waals surface area (Å²) in [5.41, 5.74) is 8.55. The number of carbonyl (C=O) groups excluding carboxylic acids is 11. The van der Waals surface area contributed by atoms with Crippen LogP contribution in [0, 0.1) is 12.7 Å². The van der Waals surface area contributed by atoms with Crippen LogP contribution in [0.15, 0.2) is 135 Å². The molecule has 17 N–H and O–H groups in total. The Bertz CT molecular complexity index is 4700. The number of aliphatic hydroxyl groups is 2. The first kappa shape index (κ1) is 89.7. The number of halogens is 1. The van der Waals surface area contributed by atoms with E-state index in [2.05, 4.69) is 72.8 Å². The van der Waals surface area contributed by atoms with Crippen LogP contribution in [0.2, 0.25) is 0 Å². The van der Waals surface area contributed by atoms with E-state index in [0.717, 1.165) is 54.7 Å². The molecule has 0 saturated carbocycles. The third kappa shape index (κ3) is 24.4. The summed E-state index contributed by atoms with van der Waals surface area (Å²) in [5.74, 6) is -15.2. The number of benzene rings is 4. The molecule has 11 amide bonds. The second kappa shape index (κ2) is 41.5. The number of primary amides is 1. The molecule has 4 heterocycles. The molecule has 7 aromatic rings. The number of aliphatic hydroxyl groups excluding tert-OH is 2. The fraction of sp³-hybridized carbons (Fsp3) is 0.407. The number of likely N-dealkylation sites (tertiary alicyclic amines) is 1. The van der Waals surface area contributed by atoms with Gasteiger partial charge in [0.05, 0.1) is 44.9 Å². The molecule has 35 nitrogen and oxygen atoms in total. The molecule has 36 heteroatoms. The topological polar surface area (TPSA) is 529 Å². The third-order valence-corrected chi connectivity index (χ3v) is 20.2. The van der Waals surface area contributed by atoms with Crippen LogP contribution < -0.4 is 58.3 Å². The Hall–Kier alpha value is -12.8. The van der Waals surface area contributed by atoms with Crippen LogP contribution in [0.1, 0.15) is 106 Å². The van der Waals surface area contributed by atoms with Crippen molar-refractivity contribution in [2.24, 2.45) is 5.73 Å². The lowest BCUT2D eigenvalue weighted by Crippen LogP contribution is -2.67. The number of pyridine rings is 1. The van der Waals surface area contributed by atoms with E-state index in [1.807, 2.05) is 50.2 Å². The van der Waals surface area contributed by atoms with Crippen molar-refractivity contribution in [3.05, 3.63) is 180 Å². The van der Waals surface area contributed by atoms with Crippen LogP contribution in [0.3, 0.4) is 0 Å². The van der Waals surface area contributed by atoms with Crippen molar-refractivity contribution in [3.8, 4) is 28.0 Å². The highest BCUT2D eigenvalue weighted by Crippen LogP contribution is 2.33. The number of hydrogen-bond acceptors (Lipinski definition) is 20. The first-order chi connectivity index (χ1) is 55.6. The Kier molecular flexibility index (Phi) is 31.8. The van der Waals surface area contributed by atoms with Crippen LogP contribution in [-0.2, 0) is 106 Å². The number of methoxy groups -OCH3 is 2. The van der Waals surface area contributed by atoms with Gasteiger partial charge in [-0.05, 0) is 135 Å². The molecule has 1 saturated heterocycles. The fourth-order valence-electron chi connectivity index (χ4n) is 13.6. The minimum absolute atomic E-state index is 0.0786. The van der Waals surface area contributed by atoms with Crippen molar-refractivity contribution in [2.75, 3.05) is 27.3 Å². The van der Waals surface area contributed by atoms with Crippen LogP contribution >= 0.6 is 0 Å². The molecule has 4 aromatic carbocycles. The number of hydrogen-bond donors (Lipinski definition) is 16. The molecule has 1 aliphatic heterocycles. The van der Waals surface area contributed by atoms with Crippen molar-refractivity contribution in [1.29, 1.82) is 0 Å². The van der Waals surface area contributed by atoms with Gasteiger partial charge in [-0.3, -0.25) is 67.3 Å². The van der Waals surface area contributed by atoms with Gasteiger partial charge in [0.2, 0.25) is 59.1 Å². The first-order valence-corrected chi connectivity index (χ1v) is 37.7. The van der Waals surface area contributed by atoms with Crippen LogP contribution in [-0.4, -0.2) is 226 Å². The Balaban J connectivity index is 0.997. The minimum Gasteiger partial charge on any atom is -0.497 e. The summed E-state index contributed by atoms with van der Waals surface area (Å²) in [4.78, 5) is 201. The molecule has 0 spiro atoms. The highest BCUT2D eigenvalue weighted by Gasteiger charge is 2.49. The number of aromatic amines is 2. The molecule has 0 aliphatic carbocycles. The summed E-state index contributed by atoms with van der Waals surface area (Å²) in [6.07, 6.45) is 0.970. The quantitative estimate of drug-likeness (QED) is 0.0251. The molecule has 0 radical (unpaired) electrons. The molecular formula is C81H99FN16O19. The van der Waals surface area contributed by atoms with E-state index in [-0.39, 0.29) is 43.5 Å². The summed E-state index contributed by atoms with van der Waals surface area (Å²) in [5, 5.41) is 64.1. The zero-order valence-corrected chi connectivity index (χ0v) is 65.8. The van der Waals surface area contributed by atoms with E-state index in [4.69, 9.17) is 15.2 Å². The van der Waals surface area contributed by atoms with Gasteiger partial charge in [0, 0.05) is 88.4 Å². The number of aromatic nitrogens is 5. The number of rotatable bonds is 42. The van der Waals surface area contributed by atoms with E-state index in [0.29, 0.717) is 41.0 Å². The number of amides is 11. The largest absolute Gasteiger partial charge is 0.497 e. The SMILES string of the molecule is CCc1cc(OC)ccc1-c1ccc(C[C@H](NC(=O)[C@H](CC(=O)O)NC(=O)[C@H](Cc2cnc[nH]2)NC(=O)[C@@H](NC(=O)[C@@](C)(Cc2ccccc2F)NC(=O)[C@@H](NC(=O)CNC(=O)[C@H](CCC(=O)O)NC(=O)[C@]2(C)CCCN2C(=O)[C@H](Cc2cnc[nH]2)OC)[C@@H](C)O)[C@@H](C)O)C(=O)N[C@@H](Cc2cnccc2-c2ccccc2C)C(N)=O)cc1. The number of nitrogens with two attached hydrogens (primary N) is 1. The van der Waals surface area contributed by atoms with Crippen molar-refractivity contribution >= 4 is 76.9 Å². The maximum Gasteiger partial charge on any atom is 0.305 e. The highest BCUT2D eigenvalue weighted by atomic mass is 19.1. The molecule has 0 unspecified atom stereocenters. The average Bonchev–Trinajstić information content (AvgIpc) is 1.64. The van der Waals surface area contributed by atoms with Gasteiger partial charge in [0.15, 0.2) is 0 Å². The van der Waals surface area contributed by atoms with E-state index in [1.54, 1.807) is 49.7 Å². The summed E-state index contributed by atoms with van der Waals surface area (Å²) in [6, 6.07) is 14.1. The zero-order valence-electron chi connectivity index (χ0n) is 65.8. The number of H-pyrrole nitrogens is 2. The maximum absolute atomic E-state index is 15.7. The monoisotopic (exact) mass is 1620 g/mol. The van der Waals surface area contributed by atoms with E-state index >= 15 is 4.39 Å². The molecular weight excluding hydrogens is 1520 g/mol. The number of carboxylic acids is 2. The second-order valence-electron chi connectivity index (χ2n) is 29.0. The van der Waals surface area contributed by atoms with Gasteiger partial charge >= 0.3 is 11.9 Å². The molecule has 1 fully saturated rings. The molecule has 624 valence electrons. The van der Waals surface area contributed by atoms with Gasteiger partial charge in [0.1, 0.15) is 71.0 Å². The molecule has 12 atom stereocenters. The fourth-order valence-corrected chi connectivity index (χ4v) is 13.6. The van der Waals surface area contributed by atoms with Crippen molar-refractivity contribution < 1.29 is 96.6 Å². The number of aryl methyl sites for hydroxylation is 2. The van der Waals surface area contributed by atoms with Crippen molar-refractivity contribution in [3.63, 3.8) is 0 Å². The number of nitrogens with zero attached hydrogens (tertiary/aromatic N) is 4. The van der Waals surface area contributed by atoms with E-state index < -0.39 is 193 Å². The van der Waals surface area contributed by atoms with Gasteiger partial charge in [-0.1, -0.05) is 79.7 Å². The molecule has 8 rings (SSSR count). The number of carbonyl (C=O) groups is 13. The molecule has 1 aliphatic rings. The van der Waals surface area contributed by atoms with Gasteiger partial charge in [-0.2, -0.15) is 0 Å². The highest BCUT2D eigenvalue weighted by molar-refractivity contribution is 6.01. The predicted octanol–water partition coefficient (Wildman–Crippen LogP) is 0.761.